The van der Waals surface area contributed by atoms with Crippen molar-refractivity contribution in [1.82, 2.24) is 0 Å². The average Bonchev–Trinajstić information content (AvgIpc) is 2.35. The van der Waals surface area contributed by atoms with Gasteiger partial charge in [0.25, 0.3) is 0 Å². The Morgan fingerprint density at radius 1 is 1.21 bits per heavy atom. The van der Waals surface area contributed by atoms with E-state index in [4.69, 9.17) is 0 Å². The van der Waals surface area contributed by atoms with Crippen molar-refractivity contribution in [3.05, 3.63) is 46.6 Å². The first-order chi connectivity index (χ1) is 9.19. The Labute approximate surface area is 119 Å². The maximum Gasteiger partial charge on any atom is -0.0241 e. The van der Waals surface area contributed by atoms with E-state index < -0.39 is 0 Å². The van der Waals surface area contributed by atoms with Crippen molar-refractivity contribution < 1.29 is 0 Å². The smallest absolute Gasteiger partial charge is 0.0241 e. The molecule has 0 bridgehead atoms. The van der Waals surface area contributed by atoms with Crippen LogP contribution in [-0.2, 0) is 0 Å². The van der Waals surface area contributed by atoms with Gasteiger partial charge in [0, 0.05) is 0 Å². The van der Waals surface area contributed by atoms with Crippen molar-refractivity contribution in [2.24, 2.45) is 5.92 Å². The maximum atomic E-state index is 2.42. The second-order valence-corrected chi connectivity index (χ2v) is 6.29. The molecule has 0 nitrogen and oxygen atoms in total. The monoisotopic (exact) mass is 256 g/mol. The van der Waals surface area contributed by atoms with E-state index in [2.05, 4.69) is 45.1 Å². The van der Waals surface area contributed by atoms with Gasteiger partial charge in [-0.3, -0.25) is 0 Å². The van der Waals surface area contributed by atoms with Gasteiger partial charge in [-0.1, -0.05) is 55.7 Å². The standard InChI is InChI=1S/C19H28/c1-4-15(2)14-19(18-6-5-7-18)13-12-17-10-8-16(3)9-11-17/h8,10,12-13,15H,4-7,9,11,14H2,1-3H3. The van der Waals surface area contributed by atoms with Crippen molar-refractivity contribution in [1.29, 1.82) is 0 Å². The topological polar surface area (TPSA) is 0 Å². The lowest BCUT2D eigenvalue weighted by atomic mass is 9.83. The Hall–Kier alpha value is -1.04. The van der Waals surface area contributed by atoms with Crippen molar-refractivity contribution in [3.63, 3.8) is 0 Å². The van der Waals surface area contributed by atoms with Crippen LogP contribution in [-0.4, -0.2) is 0 Å². The van der Waals surface area contributed by atoms with Crippen molar-refractivity contribution in [3.8, 4) is 0 Å². The quantitative estimate of drug-likeness (QED) is 0.555. The molecule has 2 rings (SSSR count). The van der Waals surface area contributed by atoms with Crippen LogP contribution in [0.4, 0.5) is 0 Å². The second kappa shape index (κ2) is 6.93. The van der Waals surface area contributed by atoms with Gasteiger partial charge < -0.3 is 0 Å². The van der Waals surface area contributed by atoms with Crippen LogP contribution in [0.15, 0.2) is 46.6 Å². The third kappa shape index (κ3) is 4.23. The fourth-order valence-corrected chi connectivity index (χ4v) is 2.63. The zero-order chi connectivity index (χ0) is 13.7. The van der Waals surface area contributed by atoms with Gasteiger partial charge in [0.2, 0.25) is 0 Å². The minimum absolute atomic E-state index is 0.815. The van der Waals surface area contributed by atoms with Gasteiger partial charge in [-0.15, -0.1) is 0 Å². The van der Waals surface area contributed by atoms with Crippen LogP contribution in [0.2, 0.25) is 0 Å². The molecule has 0 amide bonds. The van der Waals surface area contributed by atoms with Crippen LogP contribution >= 0.6 is 0 Å². The molecule has 1 fully saturated rings. The summed E-state index contributed by atoms with van der Waals surface area (Å²) in [5, 5.41) is 0. The van der Waals surface area contributed by atoms with Crippen molar-refractivity contribution in [2.45, 2.75) is 65.7 Å². The van der Waals surface area contributed by atoms with Crippen molar-refractivity contribution in [2.75, 3.05) is 0 Å². The van der Waals surface area contributed by atoms with Crippen molar-refractivity contribution >= 4 is 0 Å². The van der Waals surface area contributed by atoms with Gasteiger partial charge in [0.05, 0.1) is 0 Å². The highest BCUT2D eigenvalue weighted by Crippen LogP contribution is 2.33. The summed E-state index contributed by atoms with van der Waals surface area (Å²) in [6, 6.07) is 0. The van der Waals surface area contributed by atoms with Crippen LogP contribution in [0, 0.1) is 5.92 Å². The molecule has 0 saturated heterocycles. The highest BCUT2D eigenvalue weighted by molar-refractivity contribution is 5.37. The number of allylic oxidation sites excluding steroid dienone is 8. The first kappa shape index (κ1) is 14.4. The fourth-order valence-electron chi connectivity index (χ4n) is 2.63. The summed E-state index contributed by atoms with van der Waals surface area (Å²) in [6.45, 7) is 6.90. The first-order valence-electron chi connectivity index (χ1n) is 7.94. The molecule has 0 aromatic heterocycles. The molecule has 19 heavy (non-hydrogen) atoms. The molecule has 0 aromatic carbocycles. The Morgan fingerprint density at radius 3 is 2.53 bits per heavy atom. The van der Waals surface area contributed by atoms with Gasteiger partial charge in [0.1, 0.15) is 0 Å². The van der Waals surface area contributed by atoms with Gasteiger partial charge in [-0.05, 0) is 62.5 Å². The number of hydrogen-bond donors (Lipinski definition) is 0. The molecule has 0 heterocycles. The van der Waals surface area contributed by atoms with Gasteiger partial charge in [0.15, 0.2) is 0 Å². The minimum Gasteiger partial charge on any atom is -0.0730 e. The lowest BCUT2D eigenvalue weighted by Gasteiger charge is -2.22. The van der Waals surface area contributed by atoms with E-state index in [1.807, 2.05) is 0 Å². The third-order valence-corrected chi connectivity index (χ3v) is 4.57. The molecule has 0 aromatic rings. The largest absolute Gasteiger partial charge is 0.0730 e. The molecule has 1 saturated carbocycles. The molecule has 2 aliphatic carbocycles. The second-order valence-electron chi connectivity index (χ2n) is 6.29. The van der Waals surface area contributed by atoms with E-state index in [9.17, 15) is 0 Å². The normalized spacial score (nSPS) is 20.9. The summed E-state index contributed by atoms with van der Waals surface area (Å²) in [4.78, 5) is 0. The van der Waals surface area contributed by atoms with E-state index in [0.29, 0.717) is 0 Å². The molecule has 0 N–H and O–H groups in total. The summed E-state index contributed by atoms with van der Waals surface area (Å²) in [5.41, 5.74) is 6.36. The third-order valence-electron chi connectivity index (χ3n) is 4.57. The van der Waals surface area contributed by atoms with Gasteiger partial charge in [-0.25, -0.2) is 0 Å². The zero-order valence-electron chi connectivity index (χ0n) is 12.8. The molecule has 0 spiro atoms. The Bertz CT molecular complexity index is 423. The fraction of sp³-hybridized carbons (Fsp3) is 0.579. The predicted octanol–water partition coefficient (Wildman–Crippen LogP) is 6.13. The van der Waals surface area contributed by atoms with E-state index in [-0.39, 0.29) is 0 Å². The lowest BCUT2D eigenvalue weighted by Crippen LogP contribution is -2.04. The van der Waals surface area contributed by atoms with E-state index >= 15 is 0 Å². The van der Waals surface area contributed by atoms with Crippen LogP contribution < -0.4 is 0 Å². The number of hydrogen-bond acceptors (Lipinski definition) is 0. The Kier molecular flexibility index (Phi) is 5.24. The van der Waals surface area contributed by atoms with E-state index in [1.54, 1.807) is 11.1 Å². The lowest BCUT2D eigenvalue weighted by molar-refractivity contribution is 0.546. The Morgan fingerprint density at radius 2 is 2.00 bits per heavy atom. The molecular weight excluding hydrogens is 228 g/mol. The molecule has 0 aliphatic heterocycles. The molecule has 0 heteroatoms. The molecule has 2 aliphatic rings. The summed E-state index contributed by atoms with van der Waals surface area (Å²) in [6.07, 6.45) is 18.4. The van der Waals surface area contributed by atoms with Gasteiger partial charge in [-0.2, -0.15) is 0 Å². The minimum atomic E-state index is 0.815. The summed E-state index contributed by atoms with van der Waals surface area (Å²) in [5.74, 6) is 0.815. The summed E-state index contributed by atoms with van der Waals surface area (Å²) < 4.78 is 0. The van der Waals surface area contributed by atoms with E-state index in [0.717, 1.165) is 5.92 Å². The van der Waals surface area contributed by atoms with Crippen LogP contribution in [0.3, 0.4) is 0 Å². The van der Waals surface area contributed by atoms with Crippen LogP contribution in [0.5, 0.6) is 0 Å². The Balaban J connectivity index is 2.04. The molecule has 0 radical (unpaired) electrons. The molecular formula is C19H28. The first-order valence-corrected chi connectivity index (χ1v) is 7.94. The summed E-state index contributed by atoms with van der Waals surface area (Å²) in [7, 11) is 0. The number of rotatable bonds is 5. The summed E-state index contributed by atoms with van der Waals surface area (Å²) >= 11 is 0. The van der Waals surface area contributed by atoms with Gasteiger partial charge >= 0.3 is 0 Å². The van der Waals surface area contributed by atoms with Crippen LogP contribution in [0.25, 0.3) is 0 Å². The maximum absolute atomic E-state index is 2.42. The zero-order valence-corrected chi connectivity index (χ0v) is 12.8. The molecule has 1 unspecified atom stereocenters. The SMILES string of the molecule is CCC(C)CC(C=CC1=CC=C(C)CC1)=C1CCC1. The molecule has 104 valence electrons. The van der Waals surface area contributed by atoms with E-state index in [1.165, 1.54) is 56.1 Å². The highest BCUT2D eigenvalue weighted by Gasteiger charge is 2.14. The predicted molar refractivity (Wildman–Crippen MR) is 85.2 cm³/mol. The highest BCUT2D eigenvalue weighted by atomic mass is 14.2. The molecule has 1 atom stereocenters. The van der Waals surface area contributed by atoms with Crippen LogP contribution in [0.1, 0.15) is 65.7 Å². The average molecular weight is 256 g/mol.